The van der Waals surface area contributed by atoms with E-state index in [1.807, 2.05) is 0 Å². The van der Waals surface area contributed by atoms with E-state index in [1.54, 1.807) is 62.6 Å². The minimum Gasteiger partial charge on any atom is -0.422 e. The van der Waals surface area contributed by atoms with E-state index < -0.39 is 11.5 Å². The minimum absolute atomic E-state index is 0.0944. The number of para-hydroxylation sites is 1. The van der Waals surface area contributed by atoms with Gasteiger partial charge in [-0.15, -0.1) is 0 Å². The van der Waals surface area contributed by atoms with Crippen LogP contribution >= 0.6 is 0 Å². The quantitative estimate of drug-likeness (QED) is 0.746. The summed E-state index contributed by atoms with van der Waals surface area (Å²) in [4.78, 5) is 37.9. The van der Waals surface area contributed by atoms with Crippen LogP contribution in [-0.4, -0.2) is 30.8 Å². The molecule has 1 heterocycles. The molecule has 25 heavy (non-hydrogen) atoms. The van der Waals surface area contributed by atoms with Gasteiger partial charge in [0, 0.05) is 30.7 Å². The number of rotatable bonds is 3. The van der Waals surface area contributed by atoms with Crippen LogP contribution in [0.25, 0.3) is 11.0 Å². The standard InChI is InChI=1S/C19H16N2O4/c1-21(2)18(23)13-7-5-8-14(10-13)20-17(22)15-11-12-6-3-4-9-16(12)25-19(15)24/h3-11H,1-2H3,(H,20,22). The number of carbonyl (C=O) groups excluding carboxylic acids is 2. The van der Waals surface area contributed by atoms with Crippen molar-refractivity contribution in [1.82, 2.24) is 4.90 Å². The summed E-state index contributed by atoms with van der Waals surface area (Å²) >= 11 is 0. The maximum absolute atomic E-state index is 12.4. The Morgan fingerprint density at radius 2 is 1.76 bits per heavy atom. The third-order valence-electron chi connectivity index (χ3n) is 3.66. The van der Waals surface area contributed by atoms with Crippen molar-refractivity contribution in [2.45, 2.75) is 0 Å². The summed E-state index contributed by atoms with van der Waals surface area (Å²) in [5.74, 6) is -0.768. The zero-order valence-electron chi connectivity index (χ0n) is 13.8. The zero-order chi connectivity index (χ0) is 18.0. The van der Waals surface area contributed by atoms with Gasteiger partial charge >= 0.3 is 5.63 Å². The fourth-order valence-electron chi connectivity index (χ4n) is 2.41. The molecule has 2 amide bonds. The average molecular weight is 336 g/mol. The van der Waals surface area contributed by atoms with Crippen molar-refractivity contribution < 1.29 is 14.0 Å². The predicted octanol–water partition coefficient (Wildman–Crippen LogP) is 2.75. The molecular formula is C19H16N2O4. The van der Waals surface area contributed by atoms with Crippen LogP contribution in [0.2, 0.25) is 0 Å². The number of anilines is 1. The van der Waals surface area contributed by atoms with Crippen molar-refractivity contribution in [2.75, 3.05) is 19.4 Å². The zero-order valence-corrected chi connectivity index (χ0v) is 13.8. The van der Waals surface area contributed by atoms with Crippen molar-refractivity contribution in [3.05, 3.63) is 76.1 Å². The highest BCUT2D eigenvalue weighted by atomic mass is 16.4. The Labute approximate surface area is 143 Å². The Morgan fingerprint density at radius 3 is 2.52 bits per heavy atom. The Hall–Kier alpha value is -3.41. The number of nitrogens with zero attached hydrogens (tertiary/aromatic N) is 1. The Morgan fingerprint density at radius 1 is 1.00 bits per heavy atom. The van der Waals surface area contributed by atoms with Crippen LogP contribution in [0.4, 0.5) is 5.69 Å². The molecule has 0 fully saturated rings. The molecule has 3 aromatic rings. The second kappa shape index (κ2) is 6.60. The lowest BCUT2D eigenvalue weighted by Crippen LogP contribution is -2.23. The molecule has 0 aliphatic rings. The summed E-state index contributed by atoms with van der Waals surface area (Å²) in [6.45, 7) is 0. The molecule has 0 unspecified atom stereocenters. The van der Waals surface area contributed by atoms with Crippen LogP contribution in [0.15, 0.2) is 63.8 Å². The van der Waals surface area contributed by atoms with Crippen LogP contribution in [0.3, 0.4) is 0 Å². The number of benzene rings is 2. The average Bonchev–Trinajstić information content (AvgIpc) is 2.60. The minimum atomic E-state index is -0.711. The molecule has 0 saturated heterocycles. The number of amides is 2. The van der Waals surface area contributed by atoms with E-state index in [0.717, 1.165) is 0 Å². The Bertz CT molecular complexity index is 1020. The highest BCUT2D eigenvalue weighted by molar-refractivity contribution is 6.06. The maximum Gasteiger partial charge on any atom is 0.349 e. The van der Waals surface area contributed by atoms with Gasteiger partial charge < -0.3 is 14.6 Å². The van der Waals surface area contributed by atoms with Crippen LogP contribution < -0.4 is 10.9 Å². The van der Waals surface area contributed by atoms with E-state index >= 15 is 0 Å². The second-order valence-corrected chi connectivity index (χ2v) is 5.72. The Balaban J connectivity index is 1.90. The summed E-state index contributed by atoms with van der Waals surface area (Å²) < 4.78 is 5.17. The summed E-state index contributed by atoms with van der Waals surface area (Å²) in [6.07, 6.45) is 0. The smallest absolute Gasteiger partial charge is 0.349 e. The molecule has 0 spiro atoms. The first-order chi connectivity index (χ1) is 12.0. The first-order valence-corrected chi connectivity index (χ1v) is 7.61. The summed E-state index contributed by atoms with van der Waals surface area (Å²) in [5.41, 5.74) is 0.473. The molecule has 2 aromatic carbocycles. The third-order valence-corrected chi connectivity index (χ3v) is 3.66. The van der Waals surface area contributed by atoms with Gasteiger partial charge in [-0.2, -0.15) is 0 Å². The van der Waals surface area contributed by atoms with Crippen LogP contribution in [0.5, 0.6) is 0 Å². The number of hydrogen-bond donors (Lipinski definition) is 1. The van der Waals surface area contributed by atoms with E-state index in [9.17, 15) is 14.4 Å². The molecule has 1 N–H and O–H groups in total. The fourth-order valence-corrected chi connectivity index (χ4v) is 2.41. The molecule has 6 nitrogen and oxygen atoms in total. The lowest BCUT2D eigenvalue weighted by Gasteiger charge is -2.11. The van der Waals surface area contributed by atoms with Crippen molar-refractivity contribution in [3.8, 4) is 0 Å². The van der Waals surface area contributed by atoms with E-state index in [1.165, 1.54) is 11.0 Å². The van der Waals surface area contributed by atoms with Gasteiger partial charge in [-0.1, -0.05) is 24.3 Å². The van der Waals surface area contributed by atoms with Gasteiger partial charge in [0.2, 0.25) is 0 Å². The van der Waals surface area contributed by atoms with E-state index in [2.05, 4.69) is 5.32 Å². The van der Waals surface area contributed by atoms with E-state index in [0.29, 0.717) is 22.2 Å². The van der Waals surface area contributed by atoms with Crippen molar-refractivity contribution >= 4 is 28.5 Å². The Kier molecular flexibility index (Phi) is 4.35. The molecular weight excluding hydrogens is 320 g/mol. The van der Waals surface area contributed by atoms with Gasteiger partial charge in [0.05, 0.1) is 0 Å². The third kappa shape index (κ3) is 3.42. The molecule has 0 bridgehead atoms. The van der Waals surface area contributed by atoms with Crippen molar-refractivity contribution in [3.63, 3.8) is 0 Å². The van der Waals surface area contributed by atoms with Crippen molar-refractivity contribution in [1.29, 1.82) is 0 Å². The molecule has 0 atom stereocenters. The number of fused-ring (bicyclic) bond motifs is 1. The maximum atomic E-state index is 12.4. The van der Waals surface area contributed by atoms with Gasteiger partial charge in [-0.25, -0.2) is 4.79 Å². The molecule has 0 aliphatic heterocycles. The highest BCUT2D eigenvalue weighted by Crippen LogP contribution is 2.15. The van der Waals surface area contributed by atoms with E-state index in [4.69, 9.17) is 4.42 Å². The predicted molar refractivity (Wildman–Crippen MR) is 94.9 cm³/mol. The summed E-state index contributed by atoms with van der Waals surface area (Å²) in [7, 11) is 3.29. The van der Waals surface area contributed by atoms with Crippen molar-refractivity contribution in [2.24, 2.45) is 0 Å². The second-order valence-electron chi connectivity index (χ2n) is 5.72. The molecule has 1 aromatic heterocycles. The molecule has 126 valence electrons. The summed E-state index contributed by atoms with van der Waals surface area (Å²) in [5, 5.41) is 3.28. The first-order valence-electron chi connectivity index (χ1n) is 7.61. The highest BCUT2D eigenvalue weighted by Gasteiger charge is 2.15. The summed E-state index contributed by atoms with van der Waals surface area (Å²) in [6, 6.07) is 15.0. The SMILES string of the molecule is CN(C)C(=O)c1cccc(NC(=O)c2cc3ccccc3oc2=O)c1. The fraction of sp³-hybridized carbons (Fsp3) is 0.105. The molecule has 0 aliphatic carbocycles. The molecule has 0 radical (unpaired) electrons. The molecule has 3 rings (SSSR count). The van der Waals surface area contributed by atoms with Gasteiger partial charge in [0.1, 0.15) is 11.1 Å². The van der Waals surface area contributed by atoms with Gasteiger partial charge in [0.25, 0.3) is 11.8 Å². The number of nitrogens with one attached hydrogen (secondary N) is 1. The van der Waals surface area contributed by atoms with Crippen LogP contribution in [-0.2, 0) is 0 Å². The largest absolute Gasteiger partial charge is 0.422 e. The number of hydrogen-bond acceptors (Lipinski definition) is 4. The monoisotopic (exact) mass is 336 g/mol. The molecule has 6 heteroatoms. The molecule has 0 saturated carbocycles. The first kappa shape index (κ1) is 16.4. The lowest BCUT2D eigenvalue weighted by atomic mass is 10.1. The van der Waals surface area contributed by atoms with Gasteiger partial charge in [0.15, 0.2) is 0 Å². The lowest BCUT2D eigenvalue weighted by molar-refractivity contribution is 0.0827. The van der Waals surface area contributed by atoms with Crippen LogP contribution in [0, 0.1) is 0 Å². The van der Waals surface area contributed by atoms with Gasteiger partial charge in [-0.3, -0.25) is 9.59 Å². The van der Waals surface area contributed by atoms with Gasteiger partial charge in [-0.05, 0) is 30.3 Å². The normalized spacial score (nSPS) is 10.5. The number of carbonyl (C=O) groups is 2. The van der Waals surface area contributed by atoms with E-state index in [-0.39, 0.29) is 11.5 Å². The van der Waals surface area contributed by atoms with Crippen LogP contribution in [0.1, 0.15) is 20.7 Å². The topological polar surface area (TPSA) is 79.6 Å².